The zero-order valence-corrected chi connectivity index (χ0v) is 4.96. The molecule has 0 amide bonds. The summed E-state index contributed by atoms with van der Waals surface area (Å²) >= 11 is 0.537. The normalized spacial score (nSPS) is 9.71. The third-order valence-corrected chi connectivity index (χ3v) is 0.763. The van der Waals surface area contributed by atoms with Gasteiger partial charge in [-0.05, 0) is 14.1 Å². The van der Waals surface area contributed by atoms with Gasteiger partial charge in [0.1, 0.15) is 0 Å². The van der Waals surface area contributed by atoms with Crippen LogP contribution in [0.15, 0.2) is 0 Å². The zero-order valence-electron chi connectivity index (χ0n) is 4.14. The van der Waals surface area contributed by atoms with Crippen molar-refractivity contribution in [3.05, 3.63) is 0 Å². The van der Waals surface area contributed by atoms with E-state index in [1.54, 1.807) is 14.1 Å². The van der Waals surface area contributed by atoms with Gasteiger partial charge in [0.25, 0.3) is 0 Å². The van der Waals surface area contributed by atoms with E-state index in [0.717, 1.165) is 0 Å². The largest absolute Gasteiger partial charge is 0.374 e. The summed E-state index contributed by atoms with van der Waals surface area (Å²) in [6.45, 7) is 0. The van der Waals surface area contributed by atoms with Gasteiger partial charge in [0.2, 0.25) is 0 Å². The molecule has 2 nitrogen and oxygen atoms in total. The third-order valence-electron chi connectivity index (χ3n) is 0.254. The molecule has 42 valence electrons. The fraction of sp³-hybridized carbons (Fsp3) is 0.667. The van der Waals surface area contributed by atoms with Gasteiger partial charge in [-0.15, -0.1) is 0 Å². The van der Waals surface area contributed by atoms with Gasteiger partial charge in [-0.3, -0.25) is 0 Å². The Morgan fingerprint density at radius 1 is 1.71 bits per heavy atom. The van der Waals surface area contributed by atoms with Crippen molar-refractivity contribution in [3.63, 3.8) is 0 Å². The summed E-state index contributed by atoms with van der Waals surface area (Å²) in [5.41, 5.74) is 0. The van der Waals surface area contributed by atoms with Crippen LogP contribution in [0, 0.1) is 0 Å². The molecular weight excluding hydrogens is 117 g/mol. The predicted octanol–water partition coefficient (Wildman–Crippen LogP) is 1.29. The van der Waals surface area contributed by atoms with E-state index in [1.807, 2.05) is 0 Å². The van der Waals surface area contributed by atoms with Crippen LogP contribution in [0.1, 0.15) is 0 Å². The van der Waals surface area contributed by atoms with Crippen LogP contribution in [0.5, 0.6) is 0 Å². The molecule has 0 aliphatic carbocycles. The minimum Gasteiger partial charge on any atom is -0.248 e. The lowest BCUT2D eigenvalue weighted by atomic mass is 11.3. The molecule has 0 aromatic heterocycles. The van der Waals surface area contributed by atoms with Gasteiger partial charge < -0.3 is 0 Å². The summed E-state index contributed by atoms with van der Waals surface area (Å²) in [4.78, 5) is 9.51. The average Bonchev–Trinajstić information content (AvgIpc) is 1.27. The highest BCUT2D eigenvalue weighted by Crippen LogP contribution is 2.05. The molecule has 0 spiro atoms. The van der Waals surface area contributed by atoms with Crippen molar-refractivity contribution in [2.75, 3.05) is 14.1 Å². The van der Waals surface area contributed by atoms with Crippen molar-refractivity contribution in [2.24, 2.45) is 0 Å². The third kappa shape index (κ3) is 5.91. The summed E-state index contributed by atoms with van der Waals surface area (Å²) in [6.07, 6.45) is 0. The van der Waals surface area contributed by atoms with Crippen LogP contribution in [-0.4, -0.2) is 23.8 Å². The van der Waals surface area contributed by atoms with E-state index in [1.165, 1.54) is 4.31 Å². The van der Waals surface area contributed by atoms with Crippen LogP contribution in [0.25, 0.3) is 0 Å². The molecule has 4 heteroatoms. The maximum Gasteiger partial charge on any atom is 0.374 e. The summed E-state index contributed by atoms with van der Waals surface area (Å²) in [6, 6.07) is 0. The van der Waals surface area contributed by atoms with E-state index in [9.17, 15) is 9.18 Å². The maximum absolute atomic E-state index is 11.2. The van der Waals surface area contributed by atoms with Gasteiger partial charge in [-0.2, -0.15) is 4.39 Å². The predicted molar refractivity (Wildman–Crippen MR) is 27.8 cm³/mol. The highest BCUT2D eigenvalue weighted by molar-refractivity contribution is 8.11. The molecule has 0 N–H and O–H groups in total. The fourth-order valence-corrected chi connectivity index (χ4v) is 0.431. The number of carbonyl (C=O) groups excluding carboxylic acids is 1. The van der Waals surface area contributed by atoms with Gasteiger partial charge >= 0.3 is 5.37 Å². The number of halogens is 1. The molecule has 0 atom stereocenters. The van der Waals surface area contributed by atoms with E-state index in [-0.39, 0.29) is 0 Å². The first-order valence-corrected chi connectivity index (χ1v) is 2.45. The standard InChI is InChI=1S/C3H6FNOS/c1-5(2)7-3(4)6/h1-2H3. The van der Waals surface area contributed by atoms with E-state index in [0.29, 0.717) is 11.9 Å². The van der Waals surface area contributed by atoms with Crippen LogP contribution in [-0.2, 0) is 0 Å². The van der Waals surface area contributed by atoms with Gasteiger partial charge in [-0.1, -0.05) is 0 Å². The zero-order chi connectivity index (χ0) is 5.86. The first kappa shape index (κ1) is 6.91. The minimum atomic E-state index is -1.37. The molecule has 0 heterocycles. The lowest BCUT2D eigenvalue weighted by molar-refractivity contribution is 0.244. The Labute approximate surface area is 45.8 Å². The van der Waals surface area contributed by atoms with E-state index < -0.39 is 5.37 Å². The second-order valence-corrected chi connectivity index (χ2v) is 2.38. The van der Waals surface area contributed by atoms with E-state index >= 15 is 0 Å². The van der Waals surface area contributed by atoms with Gasteiger partial charge in [-0.25, -0.2) is 9.10 Å². The highest BCUT2D eigenvalue weighted by atomic mass is 32.2. The molecular formula is C3H6FNOS. The molecule has 0 aromatic carbocycles. The molecule has 0 aliphatic heterocycles. The molecule has 0 bridgehead atoms. The van der Waals surface area contributed by atoms with Gasteiger partial charge in [0, 0.05) is 11.9 Å². The van der Waals surface area contributed by atoms with Crippen molar-refractivity contribution in [1.29, 1.82) is 0 Å². The Bertz CT molecular complexity index is 75.3. The first-order chi connectivity index (χ1) is 3.13. The first-order valence-electron chi connectivity index (χ1n) is 1.67. The quantitative estimate of drug-likeness (QED) is 0.387. The monoisotopic (exact) mass is 123 g/mol. The maximum atomic E-state index is 11.2. The molecule has 0 rings (SSSR count). The molecule has 0 aliphatic rings. The molecule has 0 saturated carbocycles. The second-order valence-electron chi connectivity index (χ2n) is 1.14. The lowest BCUT2D eigenvalue weighted by Crippen LogP contribution is -2.00. The smallest absolute Gasteiger partial charge is 0.248 e. The summed E-state index contributed by atoms with van der Waals surface area (Å²) in [5.74, 6) is 0. The van der Waals surface area contributed by atoms with Crippen molar-refractivity contribution < 1.29 is 9.18 Å². The number of hydrogen-bond donors (Lipinski definition) is 0. The molecule has 7 heavy (non-hydrogen) atoms. The van der Waals surface area contributed by atoms with Crippen molar-refractivity contribution in [2.45, 2.75) is 0 Å². The Kier molecular flexibility index (Phi) is 2.95. The molecule has 0 radical (unpaired) electrons. The van der Waals surface area contributed by atoms with Crippen molar-refractivity contribution >= 4 is 17.3 Å². The number of carbonyl (C=O) groups is 1. The Morgan fingerprint density at radius 3 is 2.14 bits per heavy atom. The fourth-order valence-electron chi connectivity index (χ4n) is 0.144. The Hall–Kier alpha value is -0.0900. The lowest BCUT2D eigenvalue weighted by Gasteiger charge is -1.99. The van der Waals surface area contributed by atoms with Crippen LogP contribution < -0.4 is 0 Å². The van der Waals surface area contributed by atoms with E-state index in [4.69, 9.17) is 0 Å². The summed E-state index contributed by atoms with van der Waals surface area (Å²) in [5, 5.41) is -1.37. The van der Waals surface area contributed by atoms with Gasteiger partial charge in [0.15, 0.2) is 0 Å². The average molecular weight is 123 g/mol. The molecule has 0 aromatic rings. The number of rotatable bonds is 1. The second kappa shape index (κ2) is 2.98. The number of nitrogens with zero attached hydrogens (tertiary/aromatic N) is 1. The SMILES string of the molecule is CN(C)SC(=O)F. The molecule has 0 saturated heterocycles. The van der Waals surface area contributed by atoms with Gasteiger partial charge in [0.05, 0.1) is 0 Å². The van der Waals surface area contributed by atoms with Crippen molar-refractivity contribution in [3.8, 4) is 0 Å². The Morgan fingerprint density at radius 2 is 2.14 bits per heavy atom. The van der Waals surface area contributed by atoms with Crippen molar-refractivity contribution in [1.82, 2.24) is 4.31 Å². The van der Waals surface area contributed by atoms with Crippen LogP contribution >= 0.6 is 11.9 Å². The minimum absolute atomic E-state index is 0.537. The van der Waals surface area contributed by atoms with E-state index in [2.05, 4.69) is 0 Å². The van der Waals surface area contributed by atoms with Crippen LogP contribution in [0.3, 0.4) is 0 Å². The summed E-state index contributed by atoms with van der Waals surface area (Å²) < 4.78 is 12.6. The van der Waals surface area contributed by atoms with Crippen LogP contribution in [0.2, 0.25) is 0 Å². The molecule has 0 unspecified atom stereocenters. The Balaban J connectivity index is 3.13. The number of hydrogen-bond acceptors (Lipinski definition) is 3. The highest BCUT2D eigenvalue weighted by Gasteiger charge is 1.97. The van der Waals surface area contributed by atoms with Crippen LogP contribution in [0.4, 0.5) is 9.18 Å². The summed E-state index contributed by atoms with van der Waals surface area (Å²) in [7, 11) is 3.20. The molecule has 0 fully saturated rings. The topological polar surface area (TPSA) is 20.3 Å².